The Morgan fingerprint density at radius 1 is 1.05 bits per heavy atom. The van der Waals surface area contributed by atoms with E-state index < -0.39 is 16.6 Å². The van der Waals surface area contributed by atoms with Crippen LogP contribution in [0, 0.1) is 15.9 Å². The average Bonchev–Trinajstić information content (AvgIpc) is 3.34. The van der Waals surface area contributed by atoms with E-state index in [1.165, 1.54) is 55.6 Å². The minimum atomic E-state index is -0.545. The predicted octanol–water partition coefficient (Wildman–Crippen LogP) is 3.98. The Labute approximate surface area is 220 Å². The maximum Gasteiger partial charge on any atom is 0.269 e. The first-order valence-corrected chi connectivity index (χ1v) is 12.1. The summed E-state index contributed by atoms with van der Waals surface area (Å²) in [6.45, 7) is -0.0246. The summed E-state index contributed by atoms with van der Waals surface area (Å²) in [5.74, 6) is -0.319. The molecule has 38 heavy (non-hydrogen) atoms. The van der Waals surface area contributed by atoms with E-state index >= 15 is 0 Å². The number of thioether (sulfide) groups is 1. The third kappa shape index (κ3) is 6.31. The first-order valence-electron chi connectivity index (χ1n) is 11.1. The number of para-hydroxylation sites is 2. The van der Waals surface area contributed by atoms with Crippen molar-refractivity contribution in [3.05, 3.63) is 100 Å². The molecule has 0 aliphatic carbocycles. The number of hydrogen-bond acceptors (Lipinski definition) is 8. The topological polar surface area (TPSA) is 141 Å². The van der Waals surface area contributed by atoms with E-state index in [0.717, 1.165) is 11.8 Å². The van der Waals surface area contributed by atoms with Crippen LogP contribution in [-0.4, -0.2) is 44.4 Å². The summed E-state index contributed by atoms with van der Waals surface area (Å²) in [6, 6.07) is 17.8. The van der Waals surface area contributed by atoms with E-state index in [4.69, 9.17) is 4.74 Å². The zero-order valence-corrected chi connectivity index (χ0v) is 20.8. The number of aromatic nitrogens is 3. The highest BCUT2D eigenvalue weighted by atomic mass is 32.2. The van der Waals surface area contributed by atoms with Gasteiger partial charge in [-0.1, -0.05) is 23.9 Å². The second kappa shape index (κ2) is 12.0. The summed E-state index contributed by atoms with van der Waals surface area (Å²) >= 11 is 1.12. The van der Waals surface area contributed by atoms with E-state index in [9.17, 15) is 24.1 Å². The van der Waals surface area contributed by atoms with Crippen LogP contribution in [0.15, 0.2) is 78.0 Å². The maximum atomic E-state index is 13.1. The van der Waals surface area contributed by atoms with Crippen molar-refractivity contribution in [2.24, 2.45) is 0 Å². The van der Waals surface area contributed by atoms with Gasteiger partial charge in [0.25, 0.3) is 11.6 Å². The number of methoxy groups -OCH3 is 1. The molecule has 2 N–H and O–H groups in total. The largest absolute Gasteiger partial charge is 0.495 e. The van der Waals surface area contributed by atoms with Gasteiger partial charge in [0.05, 0.1) is 30.0 Å². The number of nitrogens with one attached hydrogen (secondary N) is 2. The van der Waals surface area contributed by atoms with Gasteiger partial charge < -0.3 is 15.4 Å². The van der Waals surface area contributed by atoms with Crippen molar-refractivity contribution >= 4 is 35.0 Å². The molecule has 13 heteroatoms. The fourth-order valence-electron chi connectivity index (χ4n) is 3.42. The molecular weight excluding hydrogens is 515 g/mol. The van der Waals surface area contributed by atoms with Crippen molar-refractivity contribution in [3.63, 3.8) is 0 Å². The molecule has 1 aromatic heterocycles. The number of amides is 2. The summed E-state index contributed by atoms with van der Waals surface area (Å²) in [5.41, 5.74) is 1.17. The lowest BCUT2D eigenvalue weighted by molar-refractivity contribution is -0.384. The predicted molar refractivity (Wildman–Crippen MR) is 138 cm³/mol. The van der Waals surface area contributed by atoms with Gasteiger partial charge >= 0.3 is 0 Å². The lowest BCUT2D eigenvalue weighted by Crippen LogP contribution is -2.24. The number of rotatable bonds is 10. The highest BCUT2D eigenvalue weighted by Crippen LogP contribution is 2.29. The average molecular weight is 537 g/mol. The van der Waals surface area contributed by atoms with Crippen LogP contribution in [0.1, 0.15) is 16.2 Å². The number of benzene rings is 3. The van der Waals surface area contributed by atoms with Crippen LogP contribution in [-0.2, 0) is 11.3 Å². The van der Waals surface area contributed by atoms with Crippen molar-refractivity contribution in [3.8, 4) is 11.4 Å². The van der Waals surface area contributed by atoms with Crippen LogP contribution in [0.2, 0.25) is 0 Å². The molecule has 2 amide bonds. The van der Waals surface area contributed by atoms with Crippen LogP contribution in [0.25, 0.3) is 5.69 Å². The van der Waals surface area contributed by atoms with Gasteiger partial charge in [0, 0.05) is 23.4 Å². The Bertz CT molecular complexity index is 1460. The molecule has 0 saturated heterocycles. The molecule has 4 rings (SSSR count). The molecule has 0 spiro atoms. The van der Waals surface area contributed by atoms with Gasteiger partial charge in [-0.15, -0.1) is 10.2 Å². The Kier molecular flexibility index (Phi) is 8.28. The van der Waals surface area contributed by atoms with E-state index in [-0.39, 0.29) is 29.5 Å². The Morgan fingerprint density at radius 2 is 1.76 bits per heavy atom. The first-order chi connectivity index (χ1) is 18.4. The molecule has 11 nitrogen and oxygen atoms in total. The molecule has 0 unspecified atom stereocenters. The molecular formula is C25H21FN6O5S. The Balaban J connectivity index is 1.52. The lowest BCUT2D eigenvalue weighted by Gasteiger charge is -2.14. The minimum absolute atomic E-state index is 0.0141. The zero-order valence-electron chi connectivity index (χ0n) is 20.0. The number of nitrogens with zero attached hydrogens (tertiary/aromatic N) is 4. The number of carbonyl (C=O) groups excluding carboxylic acids is 2. The number of halogens is 1. The molecule has 0 atom stereocenters. The third-order valence-corrected chi connectivity index (χ3v) is 6.16. The summed E-state index contributed by atoms with van der Waals surface area (Å²) < 4.78 is 20.3. The number of nitro benzene ring substituents is 1. The summed E-state index contributed by atoms with van der Waals surface area (Å²) in [7, 11) is 1.52. The molecule has 0 bridgehead atoms. The monoisotopic (exact) mass is 536 g/mol. The first kappa shape index (κ1) is 26.3. The van der Waals surface area contributed by atoms with Crippen LogP contribution in [0.4, 0.5) is 15.8 Å². The van der Waals surface area contributed by atoms with Gasteiger partial charge in [-0.05, 0) is 48.5 Å². The Morgan fingerprint density at radius 3 is 2.45 bits per heavy atom. The van der Waals surface area contributed by atoms with Gasteiger partial charge in [0.2, 0.25) is 5.91 Å². The molecule has 0 fully saturated rings. The van der Waals surface area contributed by atoms with Gasteiger partial charge in [-0.3, -0.25) is 24.3 Å². The number of ether oxygens (including phenoxy) is 1. The molecule has 0 aliphatic heterocycles. The number of non-ortho nitro benzene ring substituents is 1. The van der Waals surface area contributed by atoms with Gasteiger partial charge in [0.1, 0.15) is 11.6 Å². The third-order valence-electron chi connectivity index (χ3n) is 5.23. The molecule has 3 aromatic carbocycles. The number of nitro groups is 1. The van der Waals surface area contributed by atoms with Crippen molar-refractivity contribution < 1.29 is 23.6 Å². The lowest BCUT2D eigenvalue weighted by atomic mass is 10.2. The number of carbonyl (C=O) groups is 2. The second-order valence-electron chi connectivity index (χ2n) is 7.74. The highest BCUT2D eigenvalue weighted by Gasteiger charge is 2.20. The standard InChI is InChI=1S/C25H21FN6O5S/c1-37-21-5-3-2-4-20(21)31-22(14-27-24(34)16-6-12-19(13-7-16)32(35)36)29-30-25(31)38-15-23(33)28-18-10-8-17(26)9-11-18/h2-13H,14-15H2,1H3,(H,27,34)(H,28,33). The van der Waals surface area contributed by atoms with E-state index in [2.05, 4.69) is 20.8 Å². The normalized spacial score (nSPS) is 10.6. The molecule has 194 valence electrons. The summed E-state index contributed by atoms with van der Waals surface area (Å²) in [6.07, 6.45) is 0. The smallest absolute Gasteiger partial charge is 0.269 e. The number of anilines is 1. The van der Waals surface area contributed by atoms with Gasteiger partial charge in [-0.25, -0.2) is 4.39 Å². The van der Waals surface area contributed by atoms with E-state index in [0.29, 0.717) is 28.1 Å². The van der Waals surface area contributed by atoms with Crippen LogP contribution >= 0.6 is 11.8 Å². The number of hydrogen-bond donors (Lipinski definition) is 2. The molecule has 1 heterocycles. The van der Waals surface area contributed by atoms with Crippen molar-refractivity contribution in [2.45, 2.75) is 11.7 Å². The van der Waals surface area contributed by atoms with Crippen LogP contribution < -0.4 is 15.4 Å². The van der Waals surface area contributed by atoms with Crippen molar-refractivity contribution in [1.29, 1.82) is 0 Å². The fourth-order valence-corrected chi connectivity index (χ4v) is 4.18. The maximum absolute atomic E-state index is 13.1. The SMILES string of the molecule is COc1ccccc1-n1c(CNC(=O)c2ccc([N+](=O)[O-])cc2)nnc1SCC(=O)Nc1ccc(F)cc1. The summed E-state index contributed by atoms with van der Waals surface area (Å²) in [4.78, 5) is 35.4. The van der Waals surface area contributed by atoms with Crippen molar-refractivity contribution in [1.82, 2.24) is 20.1 Å². The fraction of sp³-hybridized carbons (Fsp3) is 0.120. The summed E-state index contributed by atoms with van der Waals surface area (Å²) in [5, 5.41) is 25.1. The molecule has 4 aromatic rings. The molecule has 0 aliphatic rings. The van der Waals surface area contributed by atoms with E-state index in [1.54, 1.807) is 28.8 Å². The zero-order chi connectivity index (χ0) is 27.1. The quantitative estimate of drug-likeness (QED) is 0.176. The van der Waals surface area contributed by atoms with E-state index in [1.807, 2.05) is 0 Å². The molecule has 0 radical (unpaired) electrons. The minimum Gasteiger partial charge on any atom is -0.495 e. The van der Waals surface area contributed by atoms with Crippen LogP contribution in [0.3, 0.4) is 0 Å². The Hall–Kier alpha value is -4.78. The second-order valence-corrected chi connectivity index (χ2v) is 8.68. The molecule has 0 saturated carbocycles. The van der Waals surface area contributed by atoms with Crippen molar-refractivity contribution in [2.75, 3.05) is 18.2 Å². The van der Waals surface area contributed by atoms with Gasteiger partial charge in [0.15, 0.2) is 11.0 Å². The van der Waals surface area contributed by atoms with Crippen LogP contribution in [0.5, 0.6) is 5.75 Å². The van der Waals surface area contributed by atoms with Gasteiger partial charge in [-0.2, -0.15) is 0 Å². The highest BCUT2D eigenvalue weighted by molar-refractivity contribution is 7.99.